The van der Waals surface area contributed by atoms with E-state index in [9.17, 15) is 9.59 Å². The van der Waals surface area contributed by atoms with E-state index >= 15 is 0 Å². The van der Waals surface area contributed by atoms with Crippen molar-refractivity contribution in [3.8, 4) is 5.75 Å². The summed E-state index contributed by atoms with van der Waals surface area (Å²) in [6.45, 7) is 4.63. The maximum atomic E-state index is 13.0. The topological polar surface area (TPSA) is 79.7 Å². The van der Waals surface area contributed by atoms with Crippen molar-refractivity contribution in [2.45, 2.75) is 19.4 Å². The summed E-state index contributed by atoms with van der Waals surface area (Å²) >= 11 is 0. The van der Waals surface area contributed by atoms with Crippen molar-refractivity contribution in [1.82, 2.24) is 19.4 Å². The van der Waals surface area contributed by atoms with Crippen molar-refractivity contribution in [3.05, 3.63) is 78.4 Å². The molecule has 4 rings (SSSR count). The smallest absolute Gasteiger partial charge is 0.254 e. The first-order valence-electron chi connectivity index (χ1n) is 11.6. The molecule has 0 bridgehead atoms. The summed E-state index contributed by atoms with van der Waals surface area (Å²) < 4.78 is 7.07. The predicted molar refractivity (Wildman–Crippen MR) is 131 cm³/mol. The molecular weight excluding hydrogens is 430 g/mol. The van der Waals surface area contributed by atoms with Crippen LogP contribution < -0.4 is 10.1 Å². The highest BCUT2D eigenvalue weighted by atomic mass is 16.5. The molecule has 0 spiro atoms. The number of benzene rings is 2. The van der Waals surface area contributed by atoms with Crippen LogP contribution in [0.1, 0.15) is 22.3 Å². The van der Waals surface area contributed by atoms with Crippen molar-refractivity contribution < 1.29 is 14.3 Å². The number of nitrogens with zero attached hydrogens (tertiary/aromatic N) is 4. The molecule has 0 saturated carbocycles. The van der Waals surface area contributed by atoms with Crippen molar-refractivity contribution in [1.29, 1.82) is 0 Å². The second-order valence-electron chi connectivity index (χ2n) is 8.41. The summed E-state index contributed by atoms with van der Waals surface area (Å²) in [5.74, 6) is 0.780. The lowest BCUT2D eigenvalue weighted by Crippen LogP contribution is -2.49. The van der Waals surface area contributed by atoms with Gasteiger partial charge in [-0.2, -0.15) is 0 Å². The highest BCUT2D eigenvalue weighted by Gasteiger charge is 2.22. The summed E-state index contributed by atoms with van der Waals surface area (Å²) in [6.07, 6.45) is 6.51. The van der Waals surface area contributed by atoms with E-state index in [0.717, 1.165) is 31.8 Å². The molecule has 0 radical (unpaired) electrons. The second kappa shape index (κ2) is 11.5. The zero-order valence-corrected chi connectivity index (χ0v) is 19.5. The zero-order chi connectivity index (χ0) is 23.8. The molecule has 178 valence electrons. The number of aromatic nitrogens is 2. The highest BCUT2D eigenvalue weighted by Crippen LogP contribution is 2.16. The van der Waals surface area contributed by atoms with Crippen LogP contribution in [-0.4, -0.2) is 71.0 Å². The molecule has 2 aromatic carbocycles. The molecule has 1 aromatic heterocycles. The summed E-state index contributed by atoms with van der Waals surface area (Å²) in [5, 5.41) is 2.89. The largest absolute Gasteiger partial charge is 0.497 e. The fourth-order valence-corrected chi connectivity index (χ4v) is 4.04. The van der Waals surface area contributed by atoms with E-state index in [4.69, 9.17) is 4.74 Å². The van der Waals surface area contributed by atoms with Gasteiger partial charge in [-0.3, -0.25) is 14.5 Å². The van der Waals surface area contributed by atoms with Crippen LogP contribution in [0, 0.1) is 0 Å². The average molecular weight is 462 g/mol. The third kappa shape index (κ3) is 6.45. The minimum atomic E-state index is -0.0937. The SMILES string of the molecule is COc1ccc(CCN2CCN(C(=O)c3cccc(NC(=O)CCn4ccnc4)c3)CC2)cc1. The third-order valence-corrected chi connectivity index (χ3v) is 6.08. The third-order valence-electron chi connectivity index (χ3n) is 6.08. The van der Waals surface area contributed by atoms with E-state index in [2.05, 4.69) is 27.3 Å². The molecule has 34 heavy (non-hydrogen) atoms. The number of anilines is 1. The number of methoxy groups -OCH3 is 1. The average Bonchev–Trinajstić information content (AvgIpc) is 3.40. The lowest BCUT2D eigenvalue weighted by atomic mass is 10.1. The molecule has 3 aromatic rings. The van der Waals surface area contributed by atoms with Gasteiger partial charge in [0.1, 0.15) is 5.75 Å². The minimum absolute atomic E-state index is 0.00400. The van der Waals surface area contributed by atoms with Gasteiger partial charge in [0, 0.05) is 69.3 Å². The van der Waals surface area contributed by atoms with E-state index < -0.39 is 0 Å². The van der Waals surface area contributed by atoms with E-state index in [1.165, 1.54) is 5.56 Å². The van der Waals surface area contributed by atoms with Crippen LogP contribution in [0.4, 0.5) is 5.69 Å². The Kier molecular flexibility index (Phi) is 7.93. The minimum Gasteiger partial charge on any atom is -0.497 e. The fraction of sp³-hybridized carbons (Fsp3) is 0.346. The summed E-state index contributed by atoms with van der Waals surface area (Å²) in [7, 11) is 1.67. The van der Waals surface area contributed by atoms with Gasteiger partial charge in [-0.05, 0) is 42.3 Å². The van der Waals surface area contributed by atoms with Gasteiger partial charge >= 0.3 is 0 Å². The lowest BCUT2D eigenvalue weighted by Gasteiger charge is -2.34. The summed E-state index contributed by atoms with van der Waals surface area (Å²) in [6, 6.07) is 15.4. The highest BCUT2D eigenvalue weighted by molar-refractivity contribution is 5.97. The molecule has 0 aliphatic carbocycles. The number of imidazole rings is 1. The van der Waals surface area contributed by atoms with Crippen LogP contribution in [0.3, 0.4) is 0 Å². The molecule has 8 heteroatoms. The number of hydrogen-bond acceptors (Lipinski definition) is 5. The van der Waals surface area contributed by atoms with Gasteiger partial charge in [-0.25, -0.2) is 4.98 Å². The number of carbonyl (C=O) groups excluding carboxylic acids is 2. The van der Waals surface area contributed by atoms with Gasteiger partial charge in [0.15, 0.2) is 0 Å². The van der Waals surface area contributed by atoms with Crippen molar-refractivity contribution in [2.75, 3.05) is 45.2 Å². The van der Waals surface area contributed by atoms with Crippen LogP contribution in [0.5, 0.6) is 5.75 Å². The number of carbonyl (C=O) groups is 2. The Hall–Kier alpha value is -3.65. The Morgan fingerprint density at radius 3 is 2.53 bits per heavy atom. The number of nitrogens with one attached hydrogen (secondary N) is 1. The molecule has 1 fully saturated rings. The standard InChI is InChI=1S/C26H31N5O3/c1-34-24-7-5-21(6-8-24)9-12-29-15-17-31(18-16-29)26(33)22-3-2-4-23(19-22)28-25(32)10-13-30-14-11-27-20-30/h2-8,11,14,19-20H,9-10,12-13,15-18H2,1H3,(H,28,32). The van der Waals surface area contributed by atoms with Crippen LogP contribution in [0.15, 0.2) is 67.3 Å². The number of ether oxygens (including phenoxy) is 1. The molecule has 8 nitrogen and oxygen atoms in total. The molecule has 2 heterocycles. The number of amides is 2. The molecule has 1 N–H and O–H groups in total. The number of hydrogen-bond donors (Lipinski definition) is 1. The fourth-order valence-electron chi connectivity index (χ4n) is 4.04. The first-order chi connectivity index (χ1) is 16.6. The van der Waals surface area contributed by atoms with Crippen molar-refractivity contribution in [3.63, 3.8) is 0 Å². The van der Waals surface area contributed by atoms with Gasteiger partial charge in [-0.1, -0.05) is 18.2 Å². The van der Waals surface area contributed by atoms with E-state index in [0.29, 0.717) is 37.3 Å². The van der Waals surface area contributed by atoms with E-state index in [1.54, 1.807) is 31.8 Å². The number of piperazine rings is 1. The Morgan fingerprint density at radius 2 is 1.82 bits per heavy atom. The van der Waals surface area contributed by atoms with Crippen LogP contribution in [-0.2, 0) is 17.8 Å². The predicted octanol–water partition coefficient (Wildman–Crippen LogP) is 2.92. The van der Waals surface area contributed by atoms with Crippen LogP contribution in [0.2, 0.25) is 0 Å². The van der Waals surface area contributed by atoms with Crippen molar-refractivity contribution in [2.24, 2.45) is 0 Å². The maximum Gasteiger partial charge on any atom is 0.254 e. The molecule has 2 amide bonds. The Bertz CT molecular complexity index is 1070. The van der Waals surface area contributed by atoms with E-state index in [1.807, 2.05) is 39.9 Å². The van der Waals surface area contributed by atoms with Crippen molar-refractivity contribution >= 4 is 17.5 Å². The Balaban J connectivity index is 1.23. The van der Waals surface area contributed by atoms with Crippen LogP contribution in [0.25, 0.3) is 0 Å². The quantitative estimate of drug-likeness (QED) is 0.530. The summed E-state index contributed by atoms with van der Waals surface area (Å²) in [5.41, 5.74) is 2.52. The number of rotatable bonds is 9. The van der Waals surface area contributed by atoms with Gasteiger partial charge in [0.05, 0.1) is 13.4 Å². The molecule has 1 aliphatic rings. The second-order valence-corrected chi connectivity index (χ2v) is 8.41. The van der Waals surface area contributed by atoms with Crippen LogP contribution >= 0.6 is 0 Å². The Labute approximate surface area is 200 Å². The normalized spacial score (nSPS) is 14.1. The van der Waals surface area contributed by atoms with Gasteiger partial charge in [-0.15, -0.1) is 0 Å². The lowest BCUT2D eigenvalue weighted by molar-refractivity contribution is -0.116. The number of aryl methyl sites for hydroxylation is 1. The summed E-state index contributed by atoms with van der Waals surface area (Å²) in [4.78, 5) is 33.6. The molecule has 0 atom stereocenters. The van der Waals surface area contributed by atoms with Gasteiger partial charge in [0.2, 0.25) is 5.91 Å². The maximum absolute atomic E-state index is 13.0. The first-order valence-corrected chi connectivity index (χ1v) is 11.6. The van der Waals surface area contributed by atoms with E-state index in [-0.39, 0.29) is 11.8 Å². The molecule has 0 unspecified atom stereocenters. The molecule has 1 saturated heterocycles. The van der Waals surface area contributed by atoms with Gasteiger partial charge < -0.3 is 19.5 Å². The zero-order valence-electron chi connectivity index (χ0n) is 19.5. The monoisotopic (exact) mass is 461 g/mol. The first kappa shape index (κ1) is 23.5. The van der Waals surface area contributed by atoms with Gasteiger partial charge in [0.25, 0.3) is 5.91 Å². The molecular formula is C26H31N5O3. The molecule has 1 aliphatic heterocycles. The Morgan fingerprint density at radius 1 is 1.03 bits per heavy atom.